The molecule has 0 unspecified atom stereocenters. The summed E-state index contributed by atoms with van der Waals surface area (Å²) in [5.74, 6) is 0.659. The van der Waals surface area contributed by atoms with Crippen molar-refractivity contribution >= 4 is 23.4 Å². The van der Waals surface area contributed by atoms with Crippen molar-refractivity contribution in [2.45, 2.75) is 6.92 Å². The Labute approximate surface area is 137 Å². The minimum atomic E-state index is -0.136. The van der Waals surface area contributed by atoms with Crippen LogP contribution in [-0.2, 0) is 0 Å². The van der Waals surface area contributed by atoms with E-state index < -0.39 is 0 Å². The molecule has 9 heteroatoms. The van der Waals surface area contributed by atoms with Gasteiger partial charge in [-0.2, -0.15) is 9.97 Å². The molecule has 0 aliphatic heterocycles. The third kappa shape index (κ3) is 3.00. The number of hydrogen-bond acceptors (Lipinski definition) is 8. The molecular formula is C15H15N7O2. The molecule has 2 heterocycles. The minimum Gasteiger partial charge on any atom is -0.383 e. The third-order valence-electron chi connectivity index (χ3n) is 3.36. The van der Waals surface area contributed by atoms with Gasteiger partial charge in [0.2, 0.25) is 5.95 Å². The molecule has 1 amide bonds. The number of amides is 1. The highest BCUT2D eigenvalue weighted by atomic mass is 16.5. The summed E-state index contributed by atoms with van der Waals surface area (Å²) < 4.78 is 4.94. The van der Waals surface area contributed by atoms with Crippen molar-refractivity contribution in [3.8, 4) is 11.5 Å². The van der Waals surface area contributed by atoms with Gasteiger partial charge in [0.15, 0.2) is 6.33 Å². The fourth-order valence-corrected chi connectivity index (χ4v) is 2.17. The first-order valence-electron chi connectivity index (χ1n) is 7.08. The van der Waals surface area contributed by atoms with E-state index in [-0.39, 0.29) is 17.6 Å². The van der Waals surface area contributed by atoms with E-state index in [2.05, 4.69) is 30.7 Å². The molecule has 9 nitrogen and oxygen atoms in total. The summed E-state index contributed by atoms with van der Waals surface area (Å²) in [6.45, 7) is 1.85. The molecule has 0 radical (unpaired) electrons. The second kappa shape index (κ2) is 6.32. The summed E-state index contributed by atoms with van der Waals surface area (Å²) >= 11 is 0. The lowest BCUT2D eigenvalue weighted by atomic mass is 10.1. The summed E-state index contributed by atoms with van der Waals surface area (Å²) in [5.41, 5.74) is 8.54. The van der Waals surface area contributed by atoms with Crippen LogP contribution in [0, 0.1) is 6.92 Å². The average molecular weight is 325 g/mol. The number of anilines is 3. The number of carbonyl (C=O) groups excluding carboxylic acids is 1. The molecule has 0 atom stereocenters. The monoisotopic (exact) mass is 325 g/mol. The van der Waals surface area contributed by atoms with Gasteiger partial charge in [-0.1, -0.05) is 5.16 Å². The zero-order chi connectivity index (χ0) is 17.1. The van der Waals surface area contributed by atoms with Crippen molar-refractivity contribution in [3.63, 3.8) is 0 Å². The topological polar surface area (TPSA) is 132 Å². The number of nitrogens with zero attached hydrogens (tertiary/aromatic N) is 4. The third-order valence-corrected chi connectivity index (χ3v) is 3.36. The smallest absolute Gasteiger partial charge is 0.262 e. The van der Waals surface area contributed by atoms with Crippen molar-refractivity contribution in [2.75, 3.05) is 18.1 Å². The fourth-order valence-electron chi connectivity index (χ4n) is 2.17. The molecule has 3 rings (SSSR count). The predicted molar refractivity (Wildman–Crippen MR) is 87.6 cm³/mol. The van der Waals surface area contributed by atoms with E-state index in [1.165, 1.54) is 12.5 Å². The van der Waals surface area contributed by atoms with Crippen LogP contribution in [0.25, 0.3) is 11.5 Å². The van der Waals surface area contributed by atoms with Crippen LogP contribution in [-0.4, -0.2) is 33.1 Å². The summed E-state index contributed by atoms with van der Waals surface area (Å²) in [6.07, 6.45) is 2.78. The number of nitrogens with two attached hydrogens (primary N) is 1. The van der Waals surface area contributed by atoms with Gasteiger partial charge in [-0.3, -0.25) is 4.79 Å². The molecule has 122 valence electrons. The molecule has 1 aromatic carbocycles. The van der Waals surface area contributed by atoms with Gasteiger partial charge in [0.05, 0.1) is 0 Å². The largest absolute Gasteiger partial charge is 0.383 e. The summed E-state index contributed by atoms with van der Waals surface area (Å²) in [5, 5.41) is 9.16. The van der Waals surface area contributed by atoms with Gasteiger partial charge in [0.1, 0.15) is 11.4 Å². The van der Waals surface area contributed by atoms with E-state index in [4.69, 9.17) is 10.3 Å². The fraction of sp³-hybridized carbons (Fsp3) is 0.133. The Morgan fingerprint density at radius 1 is 1.29 bits per heavy atom. The number of nitrogen functional groups attached to an aromatic ring is 1. The molecular weight excluding hydrogens is 310 g/mol. The minimum absolute atomic E-state index is 0.136. The van der Waals surface area contributed by atoms with Crippen molar-refractivity contribution in [2.24, 2.45) is 0 Å². The zero-order valence-electron chi connectivity index (χ0n) is 13.1. The quantitative estimate of drug-likeness (QED) is 0.658. The molecule has 2 aromatic heterocycles. The maximum absolute atomic E-state index is 11.7. The van der Waals surface area contributed by atoms with Gasteiger partial charge < -0.3 is 20.9 Å². The zero-order valence-corrected chi connectivity index (χ0v) is 13.1. The van der Waals surface area contributed by atoms with Crippen molar-refractivity contribution in [3.05, 3.63) is 41.9 Å². The van der Waals surface area contributed by atoms with Crippen LogP contribution in [0.2, 0.25) is 0 Å². The van der Waals surface area contributed by atoms with E-state index in [1.54, 1.807) is 19.2 Å². The Hall–Kier alpha value is -3.49. The Balaban J connectivity index is 1.83. The van der Waals surface area contributed by atoms with Crippen LogP contribution < -0.4 is 16.4 Å². The standard InChI is InChI=1S/C15H15N7O2/c1-8-5-9(3-4-10(8)13(23)17-2)21-15-18-6-11(12(16)22-15)14-19-7-20-24-14/h3-7H,1-2H3,(H,17,23)(H3,16,18,21,22). The Morgan fingerprint density at radius 3 is 2.75 bits per heavy atom. The molecule has 24 heavy (non-hydrogen) atoms. The van der Waals surface area contributed by atoms with Gasteiger partial charge in [-0.15, -0.1) is 0 Å². The van der Waals surface area contributed by atoms with Crippen LogP contribution in [0.15, 0.2) is 35.2 Å². The van der Waals surface area contributed by atoms with Gasteiger partial charge >= 0.3 is 0 Å². The van der Waals surface area contributed by atoms with E-state index in [0.29, 0.717) is 17.1 Å². The van der Waals surface area contributed by atoms with Crippen LogP contribution in [0.4, 0.5) is 17.5 Å². The second-order valence-electron chi connectivity index (χ2n) is 4.97. The molecule has 0 saturated heterocycles. The number of nitrogens with one attached hydrogen (secondary N) is 2. The summed E-state index contributed by atoms with van der Waals surface area (Å²) in [6, 6.07) is 5.33. The lowest BCUT2D eigenvalue weighted by molar-refractivity contribution is 0.0962. The van der Waals surface area contributed by atoms with E-state index in [0.717, 1.165) is 11.3 Å². The number of benzene rings is 1. The molecule has 0 aliphatic carbocycles. The number of carbonyl (C=O) groups is 1. The lowest BCUT2D eigenvalue weighted by Gasteiger charge is -2.09. The first kappa shape index (κ1) is 15.4. The van der Waals surface area contributed by atoms with E-state index >= 15 is 0 Å². The maximum Gasteiger partial charge on any atom is 0.262 e. The number of rotatable bonds is 4. The Kier molecular flexibility index (Phi) is 4.06. The van der Waals surface area contributed by atoms with E-state index in [1.807, 2.05) is 13.0 Å². The maximum atomic E-state index is 11.7. The summed E-state index contributed by atoms with van der Waals surface area (Å²) in [4.78, 5) is 24.0. The first-order valence-corrected chi connectivity index (χ1v) is 7.08. The molecule has 0 aliphatic rings. The first-order chi connectivity index (χ1) is 11.6. The lowest BCUT2D eigenvalue weighted by Crippen LogP contribution is -2.18. The van der Waals surface area contributed by atoms with Gasteiger partial charge in [-0.25, -0.2) is 4.98 Å². The van der Waals surface area contributed by atoms with Crippen molar-refractivity contribution in [1.82, 2.24) is 25.4 Å². The number of aromatic nitrogens is 4. The van der Waals surface area contributed by atoms with Gasteiger partial charge in [-0.05, 0) is 30.7 Å². The molecule has 0 saturated carbocycles. The Bertz CT molecular complexity index is 878. The molecule has 0 spiro atoms. The second-order valence-corrected chi connectivity index (χ2v) is 4.97. The highest BCUT2D eigenvalue weighted by molar-refractivity contribution is 5.95. The summed E-state index contributed by atoms with van der Waals surface area (Å²) in [7, 11) is 1.59. The van der Waals surface area contributed by atoms with Crippen LogP contribution in [0.5, 0.6) is 0 Å². The number of hydrogen-bond donors (Lipinski definition) is 3. The predicted octanol–water partition coefficient (Wildman–Crippen LogP) is 1.52. The van der Waals surface area contributed by atoms with Gasteiger partial charge in [0, 0.05) is 24.5 Å². The highest BCUT2D eigenvalue weighted by Crippen LogP contribution is 2.23. The van der Waals surface area contributed by atoms with Crippen LogP contribution in [0.1, 0.15) is 15.9 Å². The molecule has 0 bridgehead atoms. The normalized spacial score (nSPS) is 10.4. The highest BCUT2D eigenvalue weighted by Gasteiger charge is 2.12. The SMILES string of the molecule is CNC(=O)c1ccc(Nc2ncc(-c3ncno3)c(N)n2)cc1C. The van der Waals surface area contributed by atoms with Crippen molar-refractivity contribution in [1.29, 1.82) is 0 Å². The van der Waals surface area contributed by atoms with Crippen LogP contribution in [0.3, 0.4) is 0 Å². The van der Waals surface area contributed by atoms with Crippen molar-refractivity contribution < 1.29 is 9.32 Å². The molecule has 3 aromatic rings. The molecule has 4 N–H and O–H groups in total. The molecule has 0 fully saturated rings. The number of aryl methyl sites for hydroxylation is 1. The average Bonchev–Trinajstić information content (AvgIpc) is 3.08. The van der Waals surface area contributed by atoms with Crippen LogP contribution >= 0.6 is 0 Å². The van der Waals surface area contributed by atoms with E-state index in [9.17, 15) is 4.79 Å². The van der Waals surface area contributed by atoms with Gasteiger partial charge in [0.25, 0.3) is 11.8 Å². The Morgan fingerprint density at radius 2 is 2.12 bits per heavy atom.